The third kappa shape index (κ3) is 3.54. The molecule has 0 aliphatic heterocycles. The Morgan fingerprint density at radius 3 is 2.75 bits per heavy atom. The van der Waals surface area contributed by atoms with Crippen LogP contribution in [0.2, 0.25) is 0 Å². The van der Waals surface area contributed by atoms with Crippen LogP contribution >= 0.6 is 0 Å². The molecule has 9 heteroatoms. The summed E-state index contributed by atoms with van der Waals surface area (Å²) in [7, 11) is 0. The van der Waals surface area contributed by atoms with Crippen LogP contribution in [0, 0.1) is 11.3 Å². The molecule has 0 bridgehead atoms. The van der Waals surface area contributed by atoms with Gasteiger partial charge in [0.1, 0.15) is 11.8 Å². The summed E-state index contributed by atoms with van der Waals surface area (Å²) >= 11 is 0. The van der Waals surface area contributed by atoms with E-state index in [9.17, 15) is 0 Å². The van der Waals surface area contributed by atoms with Crippen molar-refractivity contribution >= 4 is 11.2 Å². The van der Waals surface area contributed by atoms with E-state index < -0.39 is 0 Å². The number of fused-ring (bicyclic) bond motifs is 1. The summed E-state index contributed by atoms with van der Waals surface area (Å²) in [6, 6.07) is 13.8. The van der Waals surface area contributed by atoms with E-state index in [2.05, 4.69) is 50.6 Å². The van der Waals surface area contributed by atoms with Crippen molar-refractivity contribution < 1.29 is 0 Å². The van der Waals surface area contributed by atoms with Gasteiger partial charge in [-0.05, 0) is 50.2 Å². The molecule has 156 valence electrons. The summed E-state index contributed by atoms with van der Waals surface area (Å²) in [5, 5.41) is 25.6. The lowest BCUT2D eigenvalue weighted by molar-refractivity contribution is 0.800. The van der Waals surface area contributed by atoms with Crippen molar-refractivity contribution in [1.29, 1.82) is 5.26 Å². The minimum Gasteiger partial charge on any atom is -0.382 e. The molecule has 5 aromatic rings. The Kier molecular flexibility index (Phi) is 4.80. The van der Waals surface area contributed by atoms with Crippen molar-refractivity contribution in [2.45, 2.75) is 19.9 Å². The first kappa shape index (κ1) is 19.4. The van der Waals surface area contributed by atoms with Crippen molar-refractivity contribution in [2.24, 2.45) is 0 Å². The first-order valence-electron chi connectivity index (χ1n) is 10.1. The third-order valence-corrected chi connectivity index (χ3v) is 4.92. The highest BCUT2D eigenvalue weighted by Crippen LogP contribution is 2.31. The standard InChI is InChI=1S/C23H19N9/c1-15(2)28-20-9-21(23-6-5-17-8-16(10-24)11-27-32(17)23)26-13-19(20)22-14-31(30-29-22)18-4-3-7-25-12-18/h3-9,11-15H,1-2H3,(H,26,28). The molecule has 0 aliphatic rings. The van der Waals surface area contributed by atoms with Gasteiger partial charge in [0.15, 0.2) is 0 Å². The molecule has 0 saturated carbocycles. The molecule has 0 atom stereocenters. The number of hydrogen-bond donors (Lipinski definition) is 1. The Hall–Kier alpha value is -4.58. The van der Waals surface area contributed by atoms with Crippen LogP contribution in [0.25, 0.3) is 33.8 Å². The molecule has 5 heterocycles. The minimum absolute atomic E-state index is 0.206. The highest BCUT2D eigenvalue weighted by molar-refractivity contribution is 5.79. The zero-order valence-corrected chi connectivity index (χ0v) is 17.5. The van der Waals surface area contributed by atoms with Gasteiger partial charge in [0, 0.05) is 29.7 Å². The molecule has 0 amide bonds. The van der Waals surface area contributed by atoms with Crippen LogP contribution < -0.4 is 5.32 Å². The van der Waals surface area contributed by atoms with E-state index in [0.717, 1.165) is 33.8 Å². The molecule has 5 aromatic heterocycles. The second-order valence-electron chi connectivity index (χ2n) is 7.59. The van der Waals surface area contributed by atoms with E-state index in [-0.39, 0.29) is 6.04 Å². The number of pyridine rings is 2. The van der Waals surface area contributed by atoms with E-state index >= 15 is 0 Å². The van der Waals surface area contributed by atoms with Crippen LogP contribution in [-0.2, 0) is 0 Å². The van der Waals surface area contributed by atoms with Gasteiger partial charge in [-0.2, -0.15) is 10.4 Å². The van der Waals surface area contributed by atoms with Gasteiger partial charge in [0.05, 0.1) is 46.7 Å². The quantitative estimate of drug-likeness (QED) is 0.460. The van der Waals surface area contributed by atoms with E-state index in [1.165, 1.54) is 0 Å². The molecular weight excluding hydrogens is 402 g/mol. The van der Waals surface area contributed by atoms with Gasteiger partial charge in [-0.25, -0.2) is 9.20 Å². The van der Waals surface area contributed by atoms with E-state index in [1.807, 2.05) is 36.5 Å². The predicted molar refractivity (Wildman–Crippen MR) is 120 cm³/mol. The smallest absolute Gasteiger partial charge is 0.117 e. The fourth-order valence-corrected chi connectivity index (χ4v) is 3.49. The fourth-order valence-electron chi connectivity index (χ4n) is 3.49. The molecule has 0 unspecified atom stereocenters. The lowest BCUT2D eigenvalue weighted by atomic mass is 10.1. The molecule has 0 radical (unpaired) electrons. The number of anilines is 1. The number of hydrogen-bond acceptors (Lipinski definition) is 7. The van der Waals surface area contributed by atoms with Crippen LogP contribution in [0.3, 0.4) is 0 Å². The summed E-state index contributed by atoms with van der Waals surface area (Å²) in [5.74, 6) is 0. The van der Waals surface area contributed by atoms with Gasteiger partial charge in [0.25, 0.3) is 0 Å². The van der Waals surface area contributed by atoms with Gasteiger partial charge in [-0.3, -0.25) is 9.97 Å². The van der Waals surface area contributed by atoms with Crippen molar-refractivity contribution in [3.63, 3.8) is 0 Å². The molecule has 1 N–H and O–H groups in total. The van der Waals surface area contributed by atoms with E-state index in [0.29, 0.717) is 11.3 Å². The monoisotopic (exact) mass is 421 g/mol. The van der Waals surface area contributed by atoms with Crippen LogP contribution in [0.1, 0.15) is 19.4 Å². The van der Waals surface area contributed by atoms with Crippen molar-refractivity contribution in [1.82, 2.24) is 34.6 Å². The largest absolute Gasteiger partial charge is 0.382 e. The molecule has 0 spiro atoms. The molecule has 0 fully saturated rings. The molecule has 0 aromatic carbocycles. The van der Waals surface area contributed by atoms with Crippen molar-refractivity contribution in [3.8, 4) is 34.4 Å². The molecule has 5 rings (SSSR count). The van der Waals surface area contributed by atoms with Crippen LogP contribution in [0.5, 0.6) is 0 Å². The maximum absolute atomic E-state index is 9.12. The van der Waals surface area contributed by atoms with Crippen molar-refractivity contribution in [3.05, 3.63) is 72.9 Å². The summed E-state index contributed by atoms with van der Waals surface area (Å²) < 4.78 is 3.47. The second-order valence-corrected chi connectivity index (χ2v) is 7.59. The SMILES string of the molecule is CC(C)Nc1cc(-c2ccc3cc(C#N)cnn23)ncc1-c1cn(-c2cccnc2)nn1. The zero-order chi connectivity index (χ0) is 22.1. The van der Waals surface area contributed by atoms with E-state index in [1.54, 1.807) is 40.1 Å². The van der Waals surface area contributed by atoms with Gasteiger partial charge in [0.2, 0.25) is 0 Å². The Balaban J connectivity index is 1.58. The van der Waals surface area contributed by atoms with E-state index in [4.69, 9.17) is 5.26 Å². The maximum atomic E-state index is 9.12. The van der Waals surface area contributed by atoms with Gasteiger partial charge in [-0.15, -0.1) is 5.10 Å². The lowest BCUT2D eigenvalue weighted by Crippen LogP contribution is -2.11. The molecule has 0 aliphatic carbocycles. The predicted octanol–water partition coefficient (Wildman–Crippen LogP) is 3.73. The maximum Gasteiger partial charge on any atom is 0.117 e. The summed E-state index contributed by atoms with van der Waals surface area (Å²) in [6.07, 6.45) is 8.65. The number of nitrogens with one attached hydrogen (secondary N) is 1. The van der Waals surface area contributed by atoms with Gasteiger partial charge >= 0.3 is 0 Å². The summed E-state index contributed by atoms with van der Waals surface area (Å²) in [4.78, 5) is 8.82. The highest BCUT2D eigenvalue weighted by Gasteiger charge is 2.15. The average molecular weight is 421 g/mol. The number of aromatic nitrogens is 7. The Labute approximate surface area is 184 Å². The first-order valence-corrected chi connectivity index (χ1v) is 10.1. The lowest BCUT2D eigenvalue weighted by Gasteiger charge is -2.14. The topological polar surface area (TPSA) is 110 Å². The molecule has 32 heavy (non-hydrogen) atoms. The third-order valence-electron chi connectivity index (χ3n) is 4.92. The number of nitriles is 1. The molecular formula is C23H19N9. The number of nitrogens with zero attached hydrogens (tertiary/aromatic N) is 8. The van der Waals surface area contributed by atoms with Gasteiger partial charge in [-0.1, -0.05) is 5.21 Å². The Morgan fingerprint density at radius 1 is 1.06 bits per heavy atom. The summed E-state index contributed by atoms with van der Waals surface area (Å²) in [5.41, 5.74) is 6.22. The Bertz CT molecular complexity index is 1440. The zero-order valence-electron chi connectivity index (χ0n) is 17.5. The average Bonchev–Trinajstić information content (AvgIpc) is 3.46. The normalized spacial score (nSPS) is 11.1. The Morgan fingerprint density at radius 2 is 1.97 bits per heavy atom. The van der Waals surface area contributed by atoms with Crippen LogP contribution in [-0.4, -0.2) is 40.6 Å². The summed E-state index contributed by atoms with van der Waals surface area (Å²) in [6.45, 7) is 4.15. The van der Waals surface area contributed by atoms with Crippen LogP contribution in [0.4, 0.5) is 5.69 Å². The fraction of sp³-hybridized carbons (Fsp3) is 0.130. The molecule has 0 saturated heterocycles. The number of rotatable bonds is 5. The van der Waals surface area contributed by atoms with Crippen LogP contribution in [0.15, 0.2) is 67.4 Å². The highest BCUT2D eigenvalue weighted by atomic mass is 15.4. The van der Waals surface area contributed by atoms with Gasteiger partial charge < -0.3 is 5.32 Å². The molecule has 9 nitrogen and oxygen atoms in total. The second kappa shape index (κ2) is 7.92. The van der Waals surface area contributed by atoms with Crippen molar-refractivity contribution in [2.75, 3.05) is 5.32 Å². The first-order chi connectivity index (χ1) is 15.6. The minimum atomic E-state index is 0.206.